The van der Waals surface area contributed by atoms with Gasteiger partial charge in [-0.05, 0) is 55.1 Å². The van der Waals surface area contributed by atoms with Crippen LogP contribution >= 0.6 is 23.5 Å². The van der Waals surface area contributed by atoms with Gasteiger partial charge in [-0.15, -0.1) is 11.6 Å². The Balaban J connectivity index is 2.33. The SMILES string of the molecule is CNSc1ccc(C2C=CC(C)C(C(=N)N)C2Cl)c(C)c1. The first-order valence-electron chi connectivity index (χ1n) is 7.06. The minimum absolute atomic E-state index is 0.102. The Morgan fingerprint density at radius 1 is 1.38 bits per heavy atom. The van der Waals surface area contributed by atoms with Crippen molar-refractivity contribution in [1.82, 2.24) is 4.72 Å². The number of amidine groups is 1. The molecule has 114 valence electrons. The first-order valence-corrected chi connectivity index (χ1v) is 8.31. The summed E-state index contributed by atoms with van der Waals surface area (Å²) in [5.41, 5.74) is 8.17. The maximum absolute atomic E-state index is 7.79. The monoisotopic (exact) mass is 323 g/mol. The number of alkyl halides is 1. The number of benzene rings is 1. The van der Waals surface area contributed by atoms with Crippen LogP contribution in [0.5, 0.6) is 0 Å². The van der Waals surface area contributed by atoms with Crippen LogP contribution < -0.4 is 10.5 Å². The van der Waals surface area contributed by atoms with E-state index in [1.165, 1.54) is 16.0 Å². The van der Waals surface area contributed by atoms with E-state index in [1.54, 1.807) is 11.9 Å². The fourth-order valence-corrected chi connectivity index (χ4v) is 4.16. The Labute approximate surface area is 136 Å². The molecule has 0 aliphatic heterocycles. The lowest BCUT2D eigenvalue weighted by atomic mass is 9.75. The fourth-order valence-electron chi connectivity index (χ4n) is 2.97. The van der Waals surface area contributed by atoms with E-state index in [0.29, 0.717) is 0 Å². The number of nitrogens with one attached hydrogen (secondary N) is 2. The number of hydrogen-bond donors (Lipinski definition) is 3. The van der Waals surface area contributed by atoms with Crippen LogP contribution in [0, 0.1) is 24.2 Å². The average molecular weight is 324 g/mol. The highest BCUT2D eigenvalue weighted by atomic mass is 35.5. The van der Waals surface area contributed by atoms with E-state index in [2.05, 4.69) is 48.9 Å². The third-order valence-corrected chi connectivity index (χ3v) is 5.29. The number of allylic oxidation sites excluding steroid dienone is 2. The highest BCUT2D eigenvalue weighted by Gasteiger charge is 2.36. The van der Waals surface area contributed by atoms with E-state index in [4.69, 9.17) is 22.7 Å². The zero-order chi connectivity index (χ0) is 15.6. The predicted octanol–water partition coefficient (Wildman–Crippen LogP) is 3.67. The molecule has 5 heteroatoms. The lowest BCUT2D eigenvalue weighted by molar-refractivity contribution is 0.461. The van der Waals surface area contributed by atoms with Crippen molar-refractivity contribution in [2.75, 3.05) is 7.05 Å². The molecule has 0 aromatic heterocycles. The molecule has 4 atom stereocenters. The van der Waals surface area contributed by atoms with Crippen molar-refractivity contribution in [1.29, 1.82) is 5.41 Å². The molecule has 4 N–H and O–H groups in total. The van der Waals surface area contributed by atoms with Crippen LogP contribution in [0.15, 0.2) is 35.2 Å². The van der Waals surface area contributed by atoms with Crippen molar-refractivity contribution in [3.63, 3.8) is 0 Å². The van der Waals surface area contributed by atoms with Crippen LogP contribution in [-0.2, 0) is 0 Å². The summed E-state index contributed by atoms with van der Waals surface area (Å²) in [6.45, 7) is 4.17. The molecular weight excluding hydrogens is 302 g/mol. The molecule has 2 rings (SSSR count). The van der Waals surface area contributed by atoms with Gasteiger partial charge in [0, 0.05) is 16.7 Å². The largest absolute Gasteiger partial charge is 0.387 e. The van der Waals surface area contributed by atoms with Gasteiger partial charge in [-0.1, -0.05) is 25.1 Å². The Morgan fingerprint density at radius 2 is 2.10 bits per heavy atom. The van der Waals surface area contributed by atoms with Gasteiger partial charge >= 0.3 is 0 Å². The van der Waals surface area contributed by atoms with Crippen LogP contribution in [0.2, 0.25) is 0 Å². The third-order valence-electron chi connectivity index (χ3n) is 4.05. The Morgan fingerprint density at radius 3 is 2.67 bits per heavy atom. The van der Waals surface area contributed by atoms with E-state index in [1.807, 2.05) is 7.05 Å². The van der Waals surface area contributed by atoms with Crippen molar-refractivity contribution in [2.45, 2.75) is 30.0 Å². The first kappa shape index (κ1) is 16.4. The average Bonchev–Trinajstić information content (AvgIpc) is 2.40. The highest BCUT2D eigenvalue weighted by molar-refractivity contribution is 7.97. The van der Waals surface area contributed by atoms with Gasteiger partial charge in [0.25, 0.3) is 0 Å². The van der Waals surface area contributed by atoms with Gasteiger partial charge in [0.15, 0.2) is 0 Å². The molecule has 0 radical (unpaired) electrons. The third kappa shape index (κ3) is 3.44. The van der Waals surface area contributed by atoms with Gasteiger partial charge in [-0.3, -0.25) is 10.1 Å². The van der Waals surface area contributed by atoms with E-state index in [0.717, 1.165) is 0 Å². The summed E-state index contributed by atoms with van der Waals surface area (Å²) in [5.74, 6) is 0.385. The molecule has 0 spiro atoms. The topological polar surface area (TPSA) is 61.9 Å². The number of hydrogen-bond acceptors (Lipinski definition) is 3. The number of rotatable bonds is 4. The zero-order valence-electron chi connectivity index (χ0n) is 12.6. The molecule has 1 aliphatic rings. The minimum atomic E-state index is -0.177. The molecule has 0 fully saturated rings. The zero-order valence-corrected chi connectivity index (χ0v) is 14.1. The number of aryl methyl sites for hydroxylation is 1. The van der Waals surface area contributed by atoms with Crippen molar-refractivity contribution < 1.29 is 0 Å². The van der Waals surface area contributed by atoms with Gasteiger partial charge in [0.1, 0.15) is 0 Å². The molecular formula is C16H22ClN3S. The van der Waals surface area contributed by atoms with E-state index in [-0.39, 0.29) is 29.0 Å². The van der Waals surface area contributed by atoms with Crippen molar-refractivity contribution in [2.24, 2.45) is 17.6 Å². The molecule has 1 aromatic carbocycles. The van der Waals surface area contributed by atoms with E-state index in [9.17, 15) is 0 Å². The molecule has 1 aliphatic carbocycles. The van der Waals surface area contributed by atoms with Crippen molar-refractivity contribution in [3.05, 3.63) is 41.5 Å². The molecule has 1 aromatic rings. The van der Waals surface area contributed by atoms with Gasteiger partial charge in [0.2, 0.25) is 0 Å². The molecule has 4 unspecified atom stereocenters. The van der Waals surface area contributed by atoms with Crippen molar-refractivity contribution >= 4 is 29.4 Å². The maximum Gasteiger partial charge on any atom is 0.0958 e. The van der Waals surface area contributed by atoms with Crippen LogP contribution in [0.25, 0.3) is 0 Å². The molecule has 0 heterocycles. The van der Waals surface area contributed by atoms with Crippen LogP contribution in [0.3, 0.4) is 0 Å². The van der Waals surface area contributed by atoms with Gasteiger partial charge in [-0.2, -0.15) is 0 Å². The van der Waals surface area contributed by atoms with Gasteiger partial charge < -0.3 is 5.73 Å². The summed E-state index contributed by atoms with van der Waals surface area (Å²) in [6.07, 6.45) is 4.29. The van der Waals surface area contributed by atoms with E-state index < -0.39 is 0 Å². The first-order chi connectivity index (χ1) is 9.95. The smallest absolute Gasteiger partial charge is 0.0958 e. The normalized spacial score (nSPS) is 28.6. The summed E-state index contributed by atoms with van der Waals surface area (Å²) < 4.78 is 3.08. The van der Waals surface area contributed by atoms with Crippen molar-refractivity contribution in [3.8, 4) is 0 Å². The fraction of sp³-hybridized carbons (Fsp3) is 0.438. The second kappa shape index (κ2) is 6.86. The summed E-state index contributed by atoms with van der Waals surface area (Å²) in [4.78, 5) is 1.18. The Kier molecular flexibility index (Phi) is 5.36. The molecule has 0 amide bonds. The highest BCUT2D eigenvalue weighted by Crippen LogP contribution is 2.40. The number of halogens is 1. The molecule has 0 bridgehead atoms. The maximum atomic E-state index is 7.79. The Bertz CT molecular complexity index is 558. The van der Waals surface area contributed by atoms with Crippen LogP contribution in [0.1, 0.15) is 24.0 Å². The predicted molar refractivity (Wildman–Crippen MR) is 92.2 cm³/mol. The van der Waals surface area contributed by atoms with E-state index >= 15 is 0 Å². The second-order valence-corrected chi connectivity index (χ2v) is 7.11. The second-order valence-electron chi connectivity index (χ2n) is 5.52. The quantitative estimate of drug-likeness (QED) is 0.260. The summed E-state index contributed by atoms with van der Waals surface area (Å²) in [5, 5.41) is 7.62. The number of nitrogens with two attached hydrogens (primary N) is 1. The minimum Gasteiger partial charge on any atom is -0.387 e. The molecule has 0 saturated heterocycles. The lowest BCUT2D eigenvalue weighted by Crippen LogP contribution is -2.39. The van der Waals surface area contributed by atoms with Crippen LogP contribution in [-0.4, -0.2) is 18.3 Å². The van der Waals surface area contributed by atoms with Gasteiger partial charge in [-0.25, -0.2) is 0 Å². The summed E-state index contributed by atoms with van der Waals surface area (Å²) in [7, 11) is 1.91. The standard InChI is InChI=1S/C16H22ClN3S/c1-9-4-6-13(15(17)14(9)16(18)19)12-7-5-11(21-20-3)8-10(12)2/h4-9,13-15,20H,1-3H3,(H3,18,19). The summed E-state index contributed by atoms with van der Waals surface area (Å²) >= 11 is 8.25. The lowest BCUT2D eigenvalue weighted by Gasteiger charge is -2.35. The Hall–Kier alpha value is -0.970. The molecule has 3 nitrogen and oxygen atoms in total. The summed E-state index contributed by atoms with van der Waals surface area (Å²) in [6, 6.07) is 6.39. The molecule has 0 saturated carbocycles. The van der Waals surface area contributed by atoms with Gasteiger partial charge in [0.05, 0.1) is 11.2 Å². The molecule has 21 heavy (non-hydrogen) atoms. The van der Waals surface area contributed by atoms with Crippen LogP contribution in [0.4, 0.5) is 0 Å².